The lowest BCUT2D eigenvalue weighted by Gasteiger charge is -2.10. The second-order valence-electron chi connectivity index (χ2n) is 6.23. The Balaban J connectivity index is 1.77. The fraction of sp³-hybridized carbons (Fsp3) is 0.200. The molecule has 0 aliphatic rings. The molecule has 0 spiro atoms. The number of hydrogen-bond donors (Lipinski definition) is 2. The van der Waals surface area contributed by atoms with Gasteiger partial charge in [-0.25, -0.2) is 9.97 Å². The van der Waals surface area contributed by atoms with Crippen LogP contribution in [-0.4, -0.2) is 35.5 Å². The predicted octanol–water partition coefficient (Wildman–Crippen LogP) is 3.74. The summed E-state index contributed by atoms with van der Waals surface area (Å²) in [6, 6.07) is 10.00. The molecule has 0 aliphatic carbocycles. The molecular formula is C20H19ClN4O3. The second kappa shape index (κ2) is 8.33. The summed E-state index contributed by atoms with van der Waals surface area (Å²) in [5, 5.41) is 5.72. The van der Waals surface area contributed by atoms with Crippen LogP contribution in [0.2, 0.25) is 5.02 Å². The number of hydrogen-bond acceptors (Lipinski definition) is 5. The molecule has 1 heterocycles. The Morgan fingerprint density at radius 3 is 2.39 bits per heavy atom. The summed E-state index contributed by atoms with van der Waals surface area (Å²) in [4.78, 5) is 33.1. The van der Waals surface area contributed by atoms with Gasteiger partial charge in [-0.1, -0.05) is 11.6 Å². The molecule has 2 amide bonds. The van der Waals surface area contributed by atoms with Crippen LogP contribution in [0.25, 0.3) is 11.0 Å². The van der Waals surface area contributed by atoms with Crippen molar-refractivity contribution in [3.8, 4) is 0 Å². The van der Waals surface area contributed by atoms with E-state index < -0.39 is 0 Å². The zero-order chi connectivity index (χ0) is 20.3. The van der Waals surface area contributed by atoms with Crippen LogP contribution in [0.15, 0.2) is 36.4 Å². The van der Waals surface area contributed by atoms with Crippen molar-refractivity contribution in [2.75, 3.05) is 24.4 Å². The van der Waals surface area contributed by atoms with Crippen molar-refractivity contribution >= 4 is 45.8 Å². The van der Waals surface area contributed by atoms with Gasteiger partial charge in [0, 0.05) is 18.4 Å². The number of aromatic nitrogens is 2. The number of anilines is 2. The first-order chi connectivity index (χ1) is 13.4. The van der Waals surface area contributed by atoms with E-state index in [2.05, 4.69) is 20.6 Å². The first-order valence-electron chi connectivity index (χ1n) is 8.52. The number of amides is 2. The Morgan fingerprint density at radius 2 is 1.71 bits per heavy atom. The van der Waals surface area contributed by atoms with Gasteiger partial charge in [0.1, 0.15) is 6.61 Å². The van der Waals surface area contributed by atoms with Gasteiger partial charge in [-0.15, -0.1) is 0 Å². The zero-order valence-corrected chi connectivity index (χ0v) is 16.4. The van der Waals surface area contributed by atoms with Gasteiger partial charge in [0.2, 0.25) is 5.91 Å². The summed E-state index contributed by atoms with van der Waals surface area (Å²) in [6.45, 7) is 3.70. The fourth-order valence-electron chi connectivity index (χ4n) is 2.59. The van der Waals surface area contributed by atoms with Crippen LogP contribution in [0.5, 0.6) is 0 Å². The molecule has 0 bridgehead atoms. The van der Waals surface area contributed by atoms with E-state index in [1.165, 1.54) is 7.11 Å². The number of halogens is 1. The molecule has 7 nitrogen and oxygen atoms in total. The summed E-state index contributed by atoms with van der Waals surface area (Å²) in [7, 11) is 1.43. The van der Waals surface area contributed by atoms with Crippen molar-refractivity contribution in [1.29, 1.82) is 0 Å². The van der Waals surface area contributed by atoms with Crippen LogP contribution in [0.4, 0.5) is 11.4 Å². The van der Waals surface area contributed by atoms with Crippen LogP contribution in [0.3, 0.4) is 0 Å². The molecule has 0 unspecified atom stereocenters. The third-order valence-corrected chi connectivity index (χ3v) is 4.43. The van der Waals surface area contributed by atoms with E-state index in [4.69, 9.17) is 16.3 Å². The van der Waals surface area contributed by atoms with E-state index in [0.29, 0.717) is 27.5 Å². The highest BCUT2D eigenvalue weighted by molar-refractivity contribution is 6.34. The average Bonchev–Trinajstić information content (AvgIpc) is 2.64. The topological polar surface area (TPSA) is 93.2 Å². The molecular weight excluding hydrogens is 380 g/mol. The Labute approximate surface area is 167 Å². The molecule has 0 aliphatic heterocycles. The Bertz CT molecular complexity index is 1070. The molecule has 0 fully saturated rings. The van der Waals surface area contributed by atoms with Gasteiger partial charge in [-0.2, -0.15) is 0 Å². The van der Waals surface area contributed by atoms with Gasteiger partial charge in [0.25, 0.3) is 5.91 Å². The van der Waals surface area contributed by atoms with Crippen molar-refractivity contribution < 1.29 is 14.3 Å². The number of aryl methyl sites for hydroxylation is 2. The normalized spacial score (nSPS) is 10.7. The minimum atomic E-state index is -0.316. The summed E-state index contributed by atoms with van der Waals surface area (Å²) in [5.41, 5.74) is 4.47. The van der Waals surface area contributed by atoms with Crippen molar-refractivity contribution in [2.24, 2.45) is 0 Å². The van der Waals surface area contributed by atoms with Crippen molar-refractivity contribution in [3.05, 3.63) is 58.4 Å². The van der Waals surface area contributed by atoms with E-state index in [9.17, 15) is 9.59 Å². The Morgan fingerprint density at radius 1 is 1.00 bits per heavy atom. The number of carbonyl (C=O) groups is 2. The molecule has 2 aromatic carbocycles. The quantitative estimate of drug-likeness (QED) is 0.682. The van der Waals surface area contributed by atoms with Crippen molar-refractivity contribution in [3.63, 3.8) is 0 Å². The highest BCUT2D eigenvalue weighted by atomic mass is 35.5. The molecule has 0 atom stereocenters. The SMILES string of the molecule is COCC(=O)Nc1ccc(NC(=O)c2ccc3nc(C)c(C)nc3c2)cc1Cl. The van der Waals surface area contributed by atoms with Crippen LogP contribution >= 0.6 is 11.6 Å². The number of benzene rings is 2. The lowest BCUT2D eigenvalue weighted by molar-refractivity contribution is -0.119. The summed E-state index contributed by atoms with van der Waals surface area (Å²) < 4.78 is 4.76. The summed E-state index contributed by atoms with van der Waals surface area (Å²) in [6.07, 6.45) is 0. The van der Waals surface area contributed by atoms with E-state index >= 15 is 0 Å². The first kappa shape index (κ1) is 19.7. The number of nitrogens with one attached hydrogen (secondary N) is 2. The van der Waals surface area contributed by atoms with E-state index in [0.717, 1.165) is 16.9 Å². The predicted molar refractivity (Wildman–Crippen MR) is 109 cm³/mol. The molecule has 144 valence electrons. The number of fused-ring (bicyclic) bond motifs is 1. The van der Waals surface area contributed by atoms with Gasteiger partial charge in [-0.05, 0) is 50.2 Å². The molecule has 0 saturated heterocycles. The van der Waals surface area contributed by atoms with Gasteiger partial charge >= 0.3 is 0 Å². The third kappa shape index (κ3) is 4.44. The molecule has 3 rings (SSSR count). The number of methoxy groups -OCH3 is 1. The van der Waals surface area contributed by atoms with Gasteiger partial charge in [0.15, 0.2) is 0 Å². The molecule has 1 aromatic heterocycles. The van der Waals surface area contributed by atoms with Crippen molar-refractivity contribution in [1.82, 2.24) is 9.97 Å². The maximum absolute atomic E-state index is 12.6. The molecule has 2 N–H and O–H groups in total. The Kier molecular flexibility index (Phi) is 5.87. The minimum Gasteiger partial charge on any atom is -0.375 e. The van der Waals surface area contributed by atoms with Crippen LogP contribution in [-0.2, 0) is 9.53 Å². The molecule has 0 saturated carbocycles. The standard InChI is InChI=1S/C20H19ClN4O3/c1-11-12(2)23-18-8-13(4-6-17(18)22-11)20(27)24-14-5-7-16(15(21)9-14)25-19(26)10-28-3/h4-9H,10H2,1-3H3,(H,24,27)(H,25,26). The second-order valence-corrected chi connectivity index (χ2v) is 6.64. The minimum absolute atomic E-state index is 0.0708. The number of rotatable bonds is 5. The van der Waals surface area contributed by atoms with Crippen LogP contribution in [0.1, 0.15) is 21.7 Å². The summed E-state index contributed by atoms with van der Waals surface area (Å²) >= 11 is 6.19. The van der Waals surface area contributed by atoms with E-state index in [1.54, 1.807) is 36.4 Å². The molecule has 8 heteroatoms. The monoisotopic (exact) mass is 398 g/mol. The number of carbonyl (C=O) groups excluding carboxylic acids is 2. The number of ether oxygens (including phenoxy) is 1. The Hall–Kier alpha value is -3.03. The van der Waals surface area contributed by atoms with Crippen molar-refractivity contribution in [2.45, 2.75) is 13.8 Å². The molecule has 28 heavy (non-hydrogen) atoms. The third-order valence-electron chi connectivity index (χ3n) is 4.11. The fourth-order valence-corrected chi connectivity index (χ4v) is 2.81. The first-order valence-corrected chi connectivity index (χ1v) is 8.90. The highest BCUT2D eigenvalue weighted by Gasteiger charge is 2.11. The zero-order valence-electron chi connectivity index (χ0n) is 15.7. The van der Waals surface area contributed by atoms with E-state index in [1.807, 2.05) is 13.8 Å². The lowest BCUT2D eigenvalue weighted by atomic mass is 10.1. The largest absolute Gasteiger partial charge is 0.375 e. The maximum atomic E-state index is 12.6. The van der Waals surface area contributed by atoms with Crippen LogP contribution in [0, 0.1) is 13.8 Å². The van der Waals surface area contributed by atoms with Gasteiger partial charge in [0.05, 0.1) is 33.1 Å². The highest BCUT2D eigenvalue weighted by Crippen LogP contribution is 2.26. The van der Waals surface area contributed by atoms with Crippen LogP contribution < -0.4 is 10.6 Å². The smallest absolute Gasteiger partial charge is 0.255 e. The van der Waals surface area contributed by atoms with Gasteiger partial charge in [-0.3, -0.25) is 9.59 Å². The molecule has 0 radical (unpaired) electrons. The maximum Gasteiger partial charge on any atom is 0.255 e. The lowest BCUT2D eigenvalue weighted by Crippen LogP contribution is -2.17. The van der Waals surface area contributed by atoms with Gasteiger partial charge < -0.3 is 15.4 Å². The molecule has 3 aromatic rings. The average molecular weight is 399 g/mol. The summed E-state index contributed by atoms with van der Waals surface area (Å²) in [5.74, 6) is -0.613. The van der Waals surface area contributed by atoms with E-state index in [-0.39, 0.29) is 18.4 Å². The number of nitrogens with zero attached hydrogens (tertiary/aromatic N) is 2.